The first kappa shape index (κ1) is 11.9. The molecule has 18 heavy (non-hydrogen) atoms. The molecule has 0 amide bonds. The Morgan fingerprint density at radius 3 is 3.17 bits per heavy atom. The van der Waals surface area contributed by atoms with Crippen molar-refractivity contribution in [2.45, 2.75) is 25.3 Å². The number of thiophene rings is 1. The summed E-state index contributed by atoms with van der Waals surface area (Å²) in [5.41, 5.74) is 7.10. The number of nitrogens with one attached hydrogen (secondary N) is 1. The van der Waals surface area contributed by atoms with E-state index in [9.17, 15) is 0 Å². The van der Waals surface area contributed by atoms with Gasteiger partial charge >= 0.3 is 0 Å². The predicted octanol–water partition coefficient (Wildman–Crippen LogP) is 3.37. The van der Waals surface area contributed by atoms with E-state index in [2.05, 4.69) is 42.7 Å². The average molecular weight is 325 g/mol. The molecule has 6 heteroatoms. The van der Waals surface area contributed by atoms with Gasteiger partial charge in [-0.15, -0.1) is 11.3 Å². The van der Waals surface area contributed by atoms with Gasteiger partial charge in [-0.05, 0) is 52.2 Å². The van der Waals surface area contributed by atoms with E-state index in [4.69, 9.17) is 5.73 Å². The Hall–Kier alpha value is -1.14. The van der Waals surface area contributed by atoms with Crippen LogP contribution in [0.2, 0.25) is 0 Å². The molecule has 0 aliphatic heterocycles. The minimum Gasteiger partial charge on any atom is -0.383 e. The first-order valence-electron chi connectivity index (χ1n) is 5.85. The van der Waals surface area contributed by atoms with Crippen LogP contribution in [-0.4, -0.2) is 9.97 Å². The predicted molar refractivity (Wildman–Crippen MR) is 77.8 cm³/mol. The van der Waals surface area contributed by atoms with Gasteiger partial charge in [0.15, 0.2) is 0 Å². The molecule has 0 bridgehead atoms. The second kappa shape index (κ2) is 4.85. The van der Waals surface area contributed by atoms with Crippen molar-refractivity contribution in [2.24, 2.45) is 0 Å². The van der Waals surface area contributed by atoms with E-state index >= 15 is 0 Å². The van der Waals surface area contributed by atoms with Crippen LogP contribution in [-0.2, 0) is 6.42 Å². The van der Waals surface area contributed by atoms with Gasteiger partial charge in [0.2, 0.25) is 5.95 Å². The number of fused-ring (bicyclic) bond motifs is 1. The molecule has 0 aromatic carbocycles. The lowest BCUT2D eigenvalue weighted by Crippen LogP contribution is -2.17. The van der Waals surface area contributed by atoms with E-state index in [1.165, 1.54) is 23.3 Å². The van der Waals surface area contributed by atoms with Crippen LogP contribution >= 0.6 is 27.3 Å². The summed E-state index contributed by atoms with van der Waals surface area (Å²) in [5.74, 6) is 1.06. The van der Waals surface area contributed by atoms with Gasteiger partial charge in [0.1, 0.15) is 10.4 Å². The highest BCUT2D eigenvalue weighted by Gasteiger charge is 2.21. The molecule has 0 spiro atoms. The first-order valence-corrected chi connectivity index (χ1v) is 7.52. The normalized spacial score (nSPS) is 18.4. The second-order valence-electron chi connectivity index (χ2n) is 4.33. The summed E-state index contributed by atoms with van der Waals surface area (Å²) >= 11 is 5.16. The monoisotopic (exact) mass is 324 g/mol. The Morgan fingerprint density at radius 2 is 2.33 bits per heavy atom. The molecule has 3 N–H and O–H groups in total. The summed E-state index contributed by atoms with van der Waals surface area (Å²) in [6, 6.07) is 4.19. The van der Waals surface area contributed by atoms with Crippen LogP contribution in [0.4, 0.5) is 11.8 Å². The third-order valence-corrected chi connectivity index (χ3v) is 4.47. The van der Waals surface area contributed by atoms with Gasteiger partial charge in [0, 0.05) is 10.9 Å². The largest absolute Gasteiger partial charge is 0.383 e. The summed E-state index contributed by atoms with van der Waals surface area (Å²) in [7, 11) is 0. The van der Waals surface area contributed by atoms with Crippen molar-refractivity contribution in [3.8, 4) is 0 Å². The fourth-order valence-corrected chi connectivity index (χ4v) is 3.68. The van der Waals surface area contributed by atoms with Gasteiger partial charge in [0.05, 0.1) is 6.04 Å². The van der Waals surface area contributed by atoms with Gasteiger partial charge < -0.3 is 11.1 Å². The second-order valence-corrected chi connectivity index (χ2v) is 6.14. The maximum atomic E-state index is 5.72. The third-order valence-electron chi connectivity index (χ3n) is 3.07. The molecule has 94 valence electrons. The van der Waals surface area contributed by atoms with E-state index in [-0.39, 0.29) is 0 Å². The number of aryl methyl sites for hydroxylation is 1. The molecule has 0 saturated carbocycles. The van der Waals surface area contributed by atoms with Crippen LogP contribution in [0, 0.1) is 0 Å². The number of nitrogens with two attached hydrogens (primary N) is 1. The SMILES string of the molecule is Nc1cc(Br)nc(NC2CCCc3sccc32)n1. The summed E-state index contributed by atoms with van der Waals surface area (Å²) in [5, 5.41) is 5.53. The molecule has 1 aliphatic carbocycles. The number of halogens is 1. The summed E-state index contributed by atoms with van der Waals surface area (Å²) in [6.45, 7) is 0. The highest BCUT2D eigenvalue weighted by molar-refractivity contribution is 9.10. The lowest BCUT2D eigenvalue weighted by molar-refractivity contribution is 0.604. The highest BCUT2D eigenvalue weighted by Crippen LogP contribution is 2.35. The molecular formula is C12H13BrN4S. The summed E-state index contributed by atoms with van der Waals surface area (Å²) < 4.78 is 0.707. The van der Waals surface area contributed by atoms with E-state index in [0.717, 1.165) is 6.42 Å². The van der Waals surface area contributed by atoms with Crippen LogP contribution in [0.1, 0.15) is 29.3 Å². The minimum atomic E-state index is 0.300. The Balaban J connectivity index is 1.86. The van der Waals surface area contributed by atoms with Crippen molar-refractivity contribution in [3.05, 3.63) is 32.6 Å². The molecule has 1 unspecified atom stereocenters. The van der Waals surface area contributed by atoms with Gasteiger partial charge in [-0.3, -0.25) is 0 Å². The van der Waals surface area contributed by atoms with E-state index < -0.39 is 0 Å². The standard InChI is InChI=1S/C12H13BrN4S/c13-10-6-11(14)17-12(16-10)15-8-2-1-3-9-7(8)4-5-18-9/h4-6,8H,1-3H2,(H3,14,15,16,17). The lowest BCUT2D eigenvalue weighted by atomic mass is 9.94. The smallest absolute Gasteiger partial charge is 0.226 e. The first-order chi connectivity index (χ1) is 8.72. The molecule has 4 nitrogen and oxygen atoms in total. The zero-order valence-corrected chi connectivity index (χ0v) is 12.1. The van der Waals surface area contributed by atoms with E-state index in [1.54, 1.807) is 6.07 Å². The van der Waals surface area contributed by atoms with Crippen molar-refractivity contribution in [3.63, 3.8) is 0 Å². The summed E-state index contributed by atoms with van der Waals surface area (Å²) in [4.78, 5) is 9.99. The molecule has 2 heterocycles. The maximum Gasteiger partial charge on any atom is 0.226 e. The number of anilines is 2. The Labute approximate surface area is 118 Å². The minimum absolute atomic E-state index is 0.300. The average Bonchev–Trinajstić information content (AvgIpc) is 2.76. The molecule has 2 aromatic heterocycles. The highest BCUT2D eigenvalue weighted by atomic mass is 79.9. The van der Waals surface area contributed by atoms with E-state index in [0.29, 0.717) is 22.4 Å². The van der Waals surface area contributed by atoms with Crippen molar-refractivity contribution in [1.82, 2.24) is 9.97 Å². The van der Waals surface area contributed by atoms with Crippen LogP contribution in [0.25, 0.3) is 0 Å². The molecule has 3 rings (SSSR count). The third kappa shape index (κ3) is 2.35. The number of aromatic nitrogens is 2. The van der Waals surface area contributed by atoms with E-state index in [1.807, 2.05) is 11.3 Å². The fraction of sp³-hybridized carbons (Fsp3) is 0.333. The molecule has 1 atom stereocenters. The number of nitrogen functional groups attached to an aromatic ring is 1. The molecule has 0 radical (unpaired) electrons. The van der Waals surface area contributed by atoms with Crippen molar-refractivity contribution < 1.29 is 0 Å². The quantitative estimate of drug-likeness (QED) is 0.831. The van der Waals surface area contributed by atoms with Gasteiger partial charge in [0.25, 0.3) is 0 Å². The van der Waals surface area contributed by atoms with Crippen molar-refractivity contribution >= 4 is 39.0 Å². The number of hydrogen-bond donors (Lipinski definition) is 2. The van der Waals surface area contributed by atoms with Gasteiger partial charge in [-0.2, -0.15) is 4.98 Å². The number of nitrogens with zero attached hydrogens (tertiary/aromatic N) is 2. The van der Waals surface area contributed by atoms with Gasteiger partial charge in [-0.1, -0.05) is 0 Å². The van der Waals surface area contributed by atoms with Crippen LogP contribution < -0.4 is 11.1 Å². The lowest BCUT2D eigenvalue weighted by Gasteiger charge is -2.23. The summed E-state index contributed by atoms with van der Waals surface area (Å²) in [6.07, 6.45) is 3.50. The Morgan fingerprint density at radius 1 is 1.44 bits per heavy atom. The molecule has 0 saturated heterocycles. The number of rotatable bonds is 2. The molecular weight excluding hydrogens is 312 g/mol. The Kier molecular flexibility index (Phi) is 3.22. The molecule has 0 fully saturated rings. The molecule has 2 aromatic rings. The zero-order valence-electron chi connectivity index (χ0n) is 9.69. The Bertz CT molecular complexity index is 549. The van der Waals surface area contributed by atoms with Crippen molar-refractivity contribution in [1.29, 1.82) is 0 Å². The maximum absolute atomic E-state index is 5.72. The van der Waals surface area contributed by atoms with Crippen molar-refractivity contribution in [2.75, 3.05) is 11.1 Å². The topological polar surface area (TPSA) is 63.8 Å². The fourth-order valence-electron chi connectivity index (χ4n) is 2.29. The zero-order chi connectivity index (χ0) is 12.5. The van der Waals surface area contributed by atoms with Crippen LogP contribution in [0.5, 0.6) is 0 Å². The van der Waals surface area contributed by atoms with Gasteiger partial charge in [-0.25, -0.2) is 4.98 Å². The molecule has 1 aliphatic rings. The number of hydrogen-bond acceptors (Lipinski definition) is 5. The van der Waals surface area contributed by atoms with Crippen LogP contribution in [0.3, 0.4) is 0 Å². The van der Waals surface area contributed by atoms with Crippen LogP contribution in [0.15, 0.2) is 22.1 Å².